The van der Waals surface area contributed by atoms with Gasteiger partial charge in [0.05, 0.1) is 0 Å². The molecule has 1 unspecified atom stereocenters. The zero-order valence-electron chi connectivity index (χ0n) is 8.46. The molecule has 0 spiro atoms. The summed E-state index contributed by atoms with van der Waals surface area (Å²) in [5, 5.41) is 9.21. The van der Waals surface area contributed by atoms with Gasteiger partial charge in [0, 0.05) is 6.07 Å². The number of para-hydroxylation sites is 1. The minimum atomic E-state index is -0.128. The summed E-state index contributed by atoms with van der Waals surface area (Å²) in [6.07, 6.45) is 0. The normalized spacial score (nSPS) is 10.5. The highest BCUT2D eigenvalue weighted by Gasteiger charge is 1.96. The molecule has 0 amide bonds. The Labute approximate surface area is 95.6 Å². The van der Waals surface area contributed by atoms with Gasteiger partial charge in [0.15, 0.2) is 0 Å². The summed E-state index contributed by atoms with van der Waals surface area (Å²) in [6.45, 7) is 0. The molecule has 2 aromatic rings. The lowest BCUT2D eigenvalue weighted by Crippen LogP contribution is -1.84. The van der Waals surface area contributed by atoms with Gasteiger partial charge in [0.1, 0.15) is 17.2 Å². The summed E-state index contributed by atoms with van der Waals surface area (Å²) >= 11 is 0. The summed E-state index contributed by atoms with van der Waals surface area (Å²) in [5.41, 5.74) is 0. The molecule has 1 N–H and O–H groups in total. The Bertz CT molecular complexity index is 445. The zero-order chi connectivity index (χ0) is 11.2. The van der Waals surface area contributed by atoms with Gasteiger partial charge < -0.3 is 14.2 Å². The summed E-state index contributed by atoms with van der Waals surface area (Å²) in [7, 11) is -0.128. The van der Waals surface area contributed by atoms with Gasteiger partial charge in [-0.25, -0.2) is 0 Å². The Balaban J connectivity index is 1.85. The van der Waals surface area contributed by atoms with E-state index in [1.807, 2.05) is 30.3 Å². The predicted octanol–water partition coefficient (Wildman–Crippen LogP) is 3.36. The van der Waals surface area contributed by atoms with Crippen LogP contribution in [0.1, 0.15) is 0 Å². The fourth-order valence-corrected chi connectivity index (χ4v) is 1.65. The average molecular weight is 234 g/mol. The van der Waals surface area contributed by atoms with Gasteiger partial charge in [-0.1, -0.05) is 24.3 Å². The number of rotatable bonds is 4. The van der Waals surface area contributed by atoms with Gasteiger partial charge in [-0.2, -0.15) is 0 Å². The molecule has 0 radical (unpaired) electrons. The van der Waals surface area contributed by atoms with Crippen LogP contribution in [-0.2, 0) is 0 Å². The molecular formula is C12H11O3P. The molecule has 0 bridgehead atoms. The van der Waals surface area contributed by atoms with E-state index < -0.39 is 0 Å². The first-order valence-corrected chi connectivity index (χ1v) is 5.59. The molecule has 0 aliphatic rings. The van der Waals surface area contributed by atoms with Crippen molar-refractivity contribution in [2.75, 3.05) is 0 Å². The fraction of sp³-hybridized carbons (Fsp3) is 0. The molecule has 0 saturated heterocycles. The molecule has 0 heterocycles. The van der Waals surface area contributed by atoms with Crippen LogP contribution >= 0.6 is 9.03 Å². The largest absolute Gasteiger partial charge is 0.508 e. The van der Waals surface area contributed by atoms with E-state index in [0.29, 0.717) is 5.75 Å². The first kappa shape index (κ1) is 10.8. The van der Waals surface area contributed by atoms with Crippen molar-refractivity contribution in [3.8, 4) is 17.2 Å². The average Bonchev–Trinajstić information content (AvgIpc) is 2.30. The molecule has 3 nitrogen and oxygen atoms in total. The van der Waals surface area contributed by atoms with E-state index in [0.717, 1.165) is 5.75 Å². The third kappa shape index (κ3) is 3.14. The SMILES string of the molecule is Oc1cccc(OPOc2ccccc2)c1. The topological polar surface area (TPSA) is 38.7 Å². The smallest absolute Gasteiger partial charge is 0.275 e. The minimum Gasteiger partial charge on any atom is -0.508 e. The number of phenolic OH excluding ortho intramolecular Hbond substituents is 1. The van der Waals surface area contributed by atoms with Crippen LogP contribution in [-0.4, -0.2) is 5.11 Å². The molecule has 0 aromatic heterocycles. The van der Waals surface area contributed by atoms with Crippen molar-refractivity contribution in [1.29, 1.82) is 0 Å². The maximum absolute atomic E-state index is 9.21. The number of benzene rings is 2. The van der Waals surface area contributed by atoms with Crippen molar-refractivity contribution in [1.82, 2.24) is 0 Å². The third-order valence-corrected chi connectivity index (χ3v) is 2.52. The van der Waals surface area contributed by atoms with Gasteiger partial charge in [-0.15, -0.1) is 0 Å². The molecule has 0 aliphatic heterocycles. The van der Waals surface area contributed by atoms with E-state index in [1.165, 1.54) is 0 Å². The molecule has 0 aliphatic carbocycles. The van der Waals surface area contributed by atoms with Crippen molar-refractivity contribution < 1.29 is 14.2 Å². The van der Waals surface area contributed by atoms with E-state index in [4.69, 9.17) is 9.05 Å². The second kappa shape index (κ2) is 5.38. The molecule has 4 heteroatoms. The first-order chi connectivity index (χ1) is 7.84. The fourth-order valence-electron chi connectivity index (χ4n) is 1.15. The van der Waals surface area contributed by atoms with Crippen LogP contribution in [0, 0.1) is 0 Å². The van der Waals surface area contributed by atoms with Crippen LogP contribution in [0.2, 0.25) is 0 Å². The van der Waals surface area contributed by atoms with Crippen molar-refractivity contribution >= 4 is 9.03 Å². The first-order valence-electron chi connectivity index (χ1n) is 4.77. The molecule has 1 atom stereocenters. The highest BCUT2D eigenvalue weighted by atomic mass is 31.1. The molecule has 2 rings (SSSR count). The number of phenols is 1. The van der Waals surface area contributed by atoms with Crippen molar-refractivity contribution in [3.63, 3.8) is 0 Å². The standard InChI is InChI=1S/C12H11O3P/c13-10-5-4-8-12(9-10)15-16-14-11-6-2-1-3-7-11/h1-9,13,16H. The Morgan fingerprint density at radius 1 is 0.812 bits per heavy atom. The number of aromatic hydroxyl groups is 1. The van der Waals surface area contributed by atoms with Crippen molar-refractivity contribution in [2.45, 2.75) is 0 Å². The minimum absolute atomic E-state index is 0.128. The lowest BCUT2D eigenvalue weighted by molar-refractivity contribution is 0.468. The van der Waals surface area contributed by atoms with Gasteiger partial charge in [-0.3, -0.25) is 0 Å². The van der Waals surface area contributed by atoms with Gasteiger partial charge >= 0.3 is 0 Å². The molecule has 82 valence electrons. The Kier molecular flexibility index (Phi) is 3.62. The van der Waals surface area contributed by atoms with Crippen molar-refractivity contribution in [3.05, 3.63) is 54.6 Å². The van der Waals surface area contributed by atoms with E-state index in [2.05, 4.69) is 0 Å². The van der Waals surface area contributed by atoms with Gasteiger partial charge in [0.2, 0.25) is 0 Å². The highest BCUT2D eigenvalue weighted by Crippen LogP contribution is 2.26. The summed E-state index contributed by atoms with van der Waals surface area (Å²) in [4.78, 5) is 0. The van der Waals surface area contributed by atoms with Gasteiger partial charge in [0.25, 0.3) is 9.03 Å². The summed E-state index contributed by atoms with van der Waals surface area (Å²) in [6, 6.07) is 16.1. The van der Waals surface area contributed by atoms with Crippen LogP contribution in [0.3, 0.4) is 0 Å². The number of hydrogen-bond acceptors (Lipinski definition) is 3. The number of hydrogen-bond donors (Lipinski definition) is 1. The van der Waals surface area contributed by atoms with Gasteiger partial charge in [-0.05, 0) is 24.3 Å². The quantitative estimate of drug-likeness (QED) is 0.824. The second-order valence-electron chi connectivity index (χ2n) is 3.10. The van der Waals surface area contributed by atoms with Crippen LogP contribution < -0.4 is 9.05 Å². The highest BCUT2D eigenvalue weighted by molar-refractivity contribution is 7.27. The summed E-state index contributed by atoms with van der Waals surface area (Å²) < 4.78 is 10.7. The Morgan fingerprint density at radius 2 is 1.50 bits per heavy atom. The predicted molar refractivity (Wildman–Crippen MR) is 64.1 cm³/mol. The Hall–Kier alpha value is -1.73. The molecule has 16 heavy (non-hydrogen) atoms. The van der Waals surface area contributed by atoms with Crippen LogP contribution in [0.25, 0.3) is 0 Å². The Morgan fingerprint density at radius 3 is 2.25 bits per heavy atom. The molecule has 2 aromatic carbocycles. The maximum atomic E-state index is 9.21. The monoisotopic (exact) mass is 234 g/mol. The van der Waals surface area contributed by atoms with Crippen LogP contribution in [0.15, 0.2) is 54.6 Å². The van der Waals surface area contributed by atoms with Crippen LogP contribution in [0.5, 0.6) is 17.2 Å². The lowest BCUT2D eigenvalue weighted by atomic mass is 10.3. The van der Waals surface area contributed by atoms with E-state index in [9.17, 15) is 5.11 Å². The van der Waals surface area contributed by atoms with Crippen LogP contribution in [0.4, 0.5) is 0 Å². The lowest BCUT2D eigenvalue weighted by Gasteiger charge is -2.06. The molecule has 0 saturated carbocycles. The van der Waals surface area contributed by atoms with E-state index in [1.54, 1.807) is 24.3 Å². The molecule has 0 fully saturated rings. The second-order valence-corrected chi connectivity index (χ2v) is 3.67. The zero-order valence-corrected chi connectivity index (χ0v) is 9.46. The summed E-state index contributed by atoms with van der Waals surface area (Å²) in [5.74, 6) is 1.54. The van der Waals surface area contributed by atoms with E-state index in [-0.39, 0.29) is 14.8 Å². The van der Waals surface area contributed by atoms with E-state index >= 15 is 0 Å². The molecular weight excluding hydrogens is 223 g/mol. The van der Waals surface area contributed by atoms with Crippen molar-refractivity contribution in [2.24, 2.45) is 0 Å². The third-order valence-electron chi connectivity index (χ3n) is 1.88. The maximum Gasteiger partial charge on any atom is 0.275 e.